The Bertz CT molecular complexity index is 1120. The molecule has 2 heterocycles. The van der Waals surface area contributed by atoms with Crippen LogP contribution in [0.5, 0.6) is 0 Å². The van der Waals surface area contributed by atoms with E-state index in [2.05, 4.69) is 4.98 Å². The van der Waals surface area contributed by atoms with Crippen LogP contribution in [0.25, 0.3) is 5.76 Å². The highest BCUT2D eigenvalue weighted by Crippen LogP contribution is 2.42. The van der Waals surface area contributed by atoms with Gasteiger partial charge in [-0.25, -0.2) is 0 Å². The molecular weight excluding hydrogens is 364 g/mol. The van der Waals surface area contributed by atoms with Crippen molar-refractivity contribution in [3.63, 3.8) is 0 Å². The quantitative estimate of drug-likeness (QED) is 0.415. The second-order valence-corrected chi connectivity index (χ2v) is 7.08. The summed E-state index contributed by atoms with van der Waals surface area (Å²) in [4.78, 5) is 31.5. The summed E-state index contributed by atoms with van der Waals surface area (Å²) in [6.07, 6.45) is 3.07. The van der Waals surface area contributed by atoms with Crippen molar-refractivity contribution < 1.29 is 14.7 Å². The van der Waals surface area contributed by atoms with Gasteiger partial charge in [-0.2, -0.15) is 0 Å². The van der Waals surface area contributed by atoms with Crippen LogP contribution in [0.3, 0.4) is 0 Å². The molecule has 1 unspecified atom stereocenters. The number of aromatic nitrogens is 1. The number of aliphatic hydroxyl groups is 1. The van der Waals surface area contributed by atoms with Crippen molar-refractivity contribution in [1.29, 1.82) is 0 Å². The van der Waals surface area contributed by atoms with Crippen molar-refractivity contribution in [3.8, 4) is 0 Å². The van der Waals surface area contributed by atoms with Crippen molar-refractivity contribution in [3.05, 3.63) is 101 Å². The van der Waals surface area contributed by atoms with Gasteiger partial charge in [0.25, 0.3) is 11.7 Å². The lowest BCUT2D eigenvalue weighted by atomic mass is 9.95. The SMILES string of the molecule is Cc1ccc(N2C(=O)C(=O)/C(=C(/O)c3ccncc3)C2c2ccccc2)cc1C. The van der Waals surface area contributed by atoms with E-state index < -0.39 is 17.7 Å². The Kier molecular flexibility index (Phi) is 4.72. The van der Waals surface area contributed by atoms with Gasteiger partial charge in [0.1, 0.15) is 5.76 Å². The Morgan fingerprint density at radius 1 is 0.931 bits per heavy atom. The van der Waals surface area contributed by atoms with Crippen LogP contribution in [0.15, 0.2) is 78.6 Å². The zero-order valence-electron chi connectivity index (χ0n) is 16.2. The van der Waals surface area contributed by atoms with Crippen LogP contribution in [0.2, 0.25) is 0 Å². The lowest BCUT2D eigenvalue weighted by molar-refractivity contribution is -0.132. The van der Waals surface area contributed by atoms with Crippen LogP contribution in [-0.2, 0) is 9.59 Å². The Hall–Kier alpha value is -3.73. The smallest absolute Gasteiger partial charge is 0.300 e. The second-order valence-electron chi connectivity index (χ2n) is 7.08. The Labute approximate surface area is 169 Å². The monoisotopic (exact) mass is 384 g/mol. The third-order valence-electron chi connectivity index (χ3n) is 5.28. The maximum absolute atomic E-state index is 13.1. The highest BCUT2D eigenvalue weighted by molar-refractivity contribution is 6.51. The van der Waals surface area contributed by atoms with Gasteiger partial charge in [-0.1, -0.05) is 36.4 Å². The van der Waals surface area contributed by atoms with E-state index in [1.165, 1.54) is 17.3 Å². The highest BCUT2D eigenvalue weighted by atomic mass is 16.3. The number of pyridine rings is 1. The normalized spacial score (nSPS) is 18.3. The molecule has 1 aliphatic heterocycles. The van der Waals surface area contributed by atoms with E-state index >= 15 is 0 Å². The molecule has 1 fully saturated rings. The molecule has 144 valence electrons. The Morgan fingerprint density at radius 3 is 2.28 bits per heavy atom. The van der Waals surface area contributed by atoms with Gasteiger partial charge < -0.3 is 5.11 Å². The van der Waals surface area contributed by atoms with Crippen LogP contribution in [0.4, 0.5) is 5.69 Å². The van der Waals surface area contributed by atoms with Crippen LogP contribution in [0, 0.1) is 13.8 Å². The largest absolute Gasteiger partial charge is 0.507 e. The molecule has 1 aromatic heterocycles. The average Bonchev–Trinajstić information content (AvgIpc) is 3.02. The highest BCUT2D eigenvalue weighted by Gasteiger charge is 2.46. The molecule has 0 radical (unpaired) electrons. The van der Waals surface area contributed by atoms with Crippen molar-refractivity contribution in [1.82, 2.24) is 4.98 Å². The van der Waals surface area contributed by atoms with Gasteiger partial charge in [-0.15, -0.1) is 0 Å². The number of aliphatic hydroxyl groups excluding tert-OH is 1. The fourth-order valence-electron chi connectivity index (χ4n) is 3.59. The summed E-state index contributed by atoms with van der Waals surface area (Å²) in [6.45, 7) is 3.95. The molecule has 1 N–H and O–H groups in total. The molecular formula is C24H20N2O3. The summed E-state index contributed by atoms with van der Waals surface area (Å²) in [5, 5.41) is 11.0. The number of aryl methyl sites for hydroxylation is 2. The number of Topliss-reactive ketones (excluding diaryl/α,β-unsaturated/α-hetero) is 1. The predicted octanol–water partition coefficient (Wildman–Crippen LogP) is 4.32. The predicted molar refractivity (Wildman–Crippen MR) is 111 cm³/mol. The molecule has 0 bridgehead atoms. The number of rotatable bonds is 3. The number of carbonyl (C=O) groups is 2. The molecule has 3 aromatic rings. The molecule has 1 atom stereocenters. The molecule has 1 amide bonds. The topological polar surface area (TPSA) is 70.5 Å². The summed E-state index contributed by atoms with van der Waals surface area (Å²) in [7, 11) is 0. The molecule has 4 rings (SSSR count). The number of amides is 1. The Morgan fingerprint density at radius 2 is 1.62 bits per heavy atom. The molecule has 2 aromatic carbocycles. The van der Waals surface area contributed by atoms with Crippen LogP contribution in [0.1, 0.15) is 28.3 Å². The zero-order chi connectivity index (χ0) is 20.5. The summed E-state index contributed by atoms with van der Waals surface area (Å²) >= 11 is 0. The fraction of sp³-hybridized carbons (Fsp3) is 0.125. The van der Waals surface area contributed by atoms with Gasteiger partial charge in [0.2, 0.25) is 0 Å². The van der Waals surface area contributed by atoms with Crippen molar-refractivity contribution >= 4 is 23.1 Å². The minimum Gasteiger partial charge on any atom is -0.507 e. The van der Waals surface area contributed by atoms with E-state index in [9.17, 15) is 14.7 Å². The molecule has 0 saturated carbocycles. The van der Waals surface area contributed by atoms with Crippen molar-refractivity contribution in [2.45, 2.75) is 19.9 Å². The molecule has 5 nitrogen and oxygen atoms in total. The maximum Gasteiger partial charge on any atom is 0.300 e. The van der Waals surface area contributed by atoms with Gasteiger partial charge >= 0.3 is 0 Å². The first-order valence-electron chi connectivity index (χ1n) is 9.32. The number of ketones is 1. The van der Waals surface area contributed by atoms with Crippen molar-refractivity contribution in [2.24, 2.45) is 0 Å². The van der Waals surface area contributed by atoms with Crippen LogP contribution in [-0.4, -0.2) is 21.8 Å². The van der Waals surface area contributed by atoms with Crippen LogP contribution >= 0.6 is 0 Å². The third kappa shape index (κ3) is 3.21. The van der Waals surface area contributed by atoms with E-state index in [-0.39, 0.29) is 11.3 Å². The van der Waals surface area contributed by atoms with Gasteiger partial charge in [-0.3, -0.25) is 19.5 Å². The standard InChI is InChI=1S/C24H20N2O3/c1-15-8-9-19(14-16(15)2)26-21(17-6-4-3-5-7-17)20(23(28)24(26)29)22(27)18-10-12-25-13-11-18/h3-14,21,27H,1-2H3/b22-20+. The van der Waals surface area contributed by atoms with Gasteiger partial charge in [-0.05, 0) is 54.8 Å². The number of benzene rings is 2. The molecule has 5 heteroatoms. The summed E-state index contributed by atoms with van der Waals surface area (Å²) < 4.78 is 0. The molecule has 0 aliphatic carbocycles. The number of hydrogen-bond acceptors (Lipinski definition) is 4. The second kappa shape index (κ2) is 7.36. The maximum atomic E-state index is 13.1. The third-order valence-corrected chi connectivity index (χ3v) is 5.28. The number of anilines is 1. The molecule has 0 spiro atoms. The first kappa shape index (κ1) is 18.6. The minimum atomic E-state index is -0.716. The van der Waals surface area contributed by atoms with Crippen LogP contribution < -0.4 is 4.90 Å². The zero-order valence-corrected chi connectivity index (χ0v) is 16.2. The molecule has 1 saturated heterocycles. The van der Waals surface area contributed by atoms with Gasteiger partial charge in [0.05, 0.1) is 11.6 Å². The first-order valence-corrected chi connectivity index (χ1v) is 9.32. The first-order chi connectivity index (χ1) is 14.0. The van der Waals surface area contributed by atoms with E-state index in [0.29, 0.717) is 11.3 Å². The minimum absolute atomic E-state index is 0.0747. The van der Waals surface area contributed by atoms with E-state index in [4.69, 9.17) is 0 Å². The number of hydrogen-bond donors (Lipinski definition) is 1. The number of nitrogens with zero attached hydrogens (tertiary/aromatic N) is 2. The van der Waals surface area contributed by atoms with E-state index in [1.54, 1.807) is 12.1 Å². The molecule has 1 aliphatic rings. The molecule has 29 heavy (non-hydrogen) atoms. The van der Waals surface area contributed by atoms with E-state index in [1.807, 2.05) is 62.4 Å². The average molecular weight is 384 g/mol. The Balaban J connectivity index is 1.95. The fourth-order valence-corrected chi connectivity index (χ4v) is 3.59. The summed E-state index contributed by atoms with van der Waals surface area (Å²) in [5.41, 5.74) is 4.01. The van der Waals surface area contributed by atoms with Gasteiger partial charge in [0, 0.05) is 23.6 Å². The lowest BCUT2D eigenvalue weighted by Gasteiger charge is -2.26. The summed E-state index contributed by atoms with van der Waals surface area (Å²) in [6, 6.07) is 17.4. The van der Waals surface area contributed by atoms with E-state index in [0.717, 1.165) is 16.7 Å². The lowest BCUT2D eigenvalue weighted by Crippen LogP contribution is -2.29. The number of carbonyl (C=O) groups excluding carboxylic acids is 2. The summed E-state index contributed by atoms with van der Waals surface area (Å²) in [5.74, 6) is -1.56. The van der Waals surface area contributed by atoms with Gasteiger partial charge in [0.15, 0.2) is 0 Å². The van der Waals surface area contributed by atoms with Crippen molar-refractivity contribution in [2.75, 3.05) is 4.90 Å².